The minimum atomic E-state index is -0.772. The topological polar surface area (TPSA) is 78.9 Å². The van der Waals surface area contributed by atoms with E-state index in [1.807, 2.05) is 0 Å². The summed E-state index contributed by atoms with van der Waals surface area (Å²) >= 11 is 0. The van der Waals surface area contributed by atoms with Crippen LogP contribution >= 0.6 is 0 Å². The Morgan fingerprint density at radius 1 is 0.253 bits per heavy atom. The molecule has 1 atom stereocenters. The molecule has 0 aliphatic carbocycles. The fourth-order valence-corrected chi connectivity index (χ4v) is 10.8. The molecule has 0 spiro atoms. The van der Waals surface area contributed by atoms with Crippen LogP contribution in [0.4, 0.5) is 0 Å². The SMILES string of the molecule is CC/C=C\C/C=C\C/C=C\C/C=C\C/C=C\CCCCCCCCCCCCCCCCCCCC(=O)OCC(COC(=O)CCCCCCCCCCC)OC(=O)CCCCCCCCCCCCC/C=C\CCCCCCCCCC. The molecule has 6 heteroatoms. The maximum atomic E-state index is 12.9. The molecule has 0 amide bonds. The molecule has 6 nitrogen and oxygen atoms in total. The van der Waals surface area contributed by atoms with Crippen LogP contribution in [0.15, 0.2) is 72.9 Å². The van der Waals surface area contributed by atoms with Gasteiger partial charge in [0.15, 0.2) is 6.10 Å². The van der Waals surface area contributed by atoms with Crippen molar-refractivity contribution < 1.29 is 28.6 Å². The highest BCUT2D eigenvalue weighted by Crippen LogP contribution is 2.18. The molecule has 1 unspecified atom stereocenters. The van der Waals surface area contributed by atoms with Gasteiger partial charge in [-0.2, -0.15) is 0 Å². The molecule has 482 valence electrons. The first-order valence-electron chi connectivity index (χ1n) is 36.4. The molecular formula is C77H138O6. The number of ether oxygens (including phenoxy) is 3. The summed E-state index contributed by atoms with van der Waals surface area (Å²) in [6.45, 7) is 6.56. The summed E-state index contributed by atoms with van der Waals surface area (Å²) < 4.78 is 17.0. The van der Waals surface area contributed by atoms with E-state index < -0.39 is 6.10 Å². The van der Waals surface area contributed by atoms with Crippen molar-refractivity contribution in [1.29, 1.82) is 0 Å². The van der Waals surface area contributed by atoms with Gasteiger partial charge in [-0.3, -0.25) is 14.4 Å². The van der Waals surface area contributed by atoms with Gasteiger partial charge in [-0.1, -0.05) is 344 Å². The third-order valence-corrected chi connectivity index (χ3v) is 16.2. The number of esters is 3. The van der Waals surface area contributed by atoms with Crippen molar-refractivity contribution in [2.24, 2.45) is 0 Å². The first kappa shape index (κ1) is 79.8. The highest BCUT2D eigenvalue weighted by atomic mass is 16.6. The summed E-state index contributed by atoms with van der Waals surface area (Å²) in [5.74, 6) is -0.850. The third kappa shape index (κ3) is 69.5. The van der Waals surface area contributed by atoms with E-state index >= 15 is 0 Å². The lowest BCUT2D eigenvalue weighted by molar-refractivity contribution is -0.167. The molecule has 0 bridgehead atoms. The predicted molar refractivity (Wildman–Crippen MR) is 362 cm³/mol. The first-order valence-corrected chi connectivity index (χ1v) is 36.4. The number of hydrogen-bond acceptors (Lipinski definition) is 6. The minimum absolute atomic E-state index is 0.0694. The molecule has 0 saturated carbocycles. The van der Waals surface area contributed by atoms with E-state index in [0.717, 1.165) is 89.9 Å². The second-order valence-corrected chi connectivity index (χ2v) is 24.5. The number of rotatable bonds is 67. The molecule has 0 aliphatic heterocycles. The highest BCUT2D eigenvalue weighted by Gasteiger charge is 2.19. The third-order valence-electron chi connectivity index (χ3n) is 16.2. The Hall–Kier alpha value is -3.15. The predicted octanol–water partition coefficient (Wildman–Crippen LogP) is 25.2. The van der Waals surface area contributed by atoms with Gasteiger partial charge in [-0.05, 0) is 89.9 Å². The quantitative estimate of drug-likeness (QED) is 0.0261. The van der Waals surface area contributed by atoms with Crippen LogP contribution in [0.1, 0.15) is 380 Å². The monoisotopic (exact) mass is 1160 g/mol. The molecule has 0 heterocycles. The average Bonchev–Trinajstić information content (AvgIpc) is 3.49. The van der Waals surface area contributed by atoms with E-state index in [2.05, 4.69) is 93.7 Å². The Kier molecular flexibility index (Phi) is 68.6. The molecule has 83 heavy (non-hydrogen) atoms. The van der Waals surface area contributed by atoms with E-state index in [0.29, 0.717) is 19.3 Å². The van der Waals surface area contributed by atoms with E-state index in [-0.39, 0.29) is 31.1 Å². The van der Waals surface area contributed by atoms with Crippen molar-refractivity contribution in [2.45, 2.75) is 386 Å². The molecule has 0 aromatic carbocycles. The van der Waals surface area contributed by atoms with Crippen LogP contribution < -0.4 is 0 Å². The summed E-state index contributed by atoms with van der Waals surface area (Å²) in [5, 5.41) is 0. The van der Waals surface area contributed by atoms with Gasteiger partial charge in [0.1, 0.15) is 13.2 Å². The van der Waals surface area contributed by atoms with Crippen molar-refractivity contribution in [1.82, 2.24) is 0 Å². The van der Waals surface area contributed by atoms with Crippen LogP contribution in [0, 0.1) is 0 Å². The van der Waals surface area contributed by atoms with Gasteiger partial charge in [0.2, 0.25) is 0 Å². The zero-order valence-corrected chi connectivity index (χ0v) is 55.5. The van der Waals surface area contributed by atoms with Gasteiger partial charge in [-0.25, -0.2) is 0 Å². The summed E-state index contributed by atoms with van der Waals surface area (Å²) in [6, 6.07) is 0. The van der Waals surface area contributed by atoms with Crippen molar-refractivity contribution in [3.8, 4) is 0 Å². The van der Waals surface area contributed by atoms with Crippen LogP contribution in [-0.2, 0) is 28.6 Å². The van der Waals surface area contributed by atoms with Crippen LogP contribution in [0.5, 0.6) is 0 Å². The Bertz CT molecular complexity index is 1520. The minimum Gasteiger partial charge on any atom is -0.462 e. The van der Waals surface area contributed by atoms with Crippen molar-refractivity contribution in [3.63, 3.8) is 0 Å². The number of carbonyl (C=O) groups excluding carboxylic acids is 3. The fourth-order valence-electron chi connectivity index (χ4n) is 10.8. The lowest BCUT2D eigenvalue weighted by Gasteiger charge is -2.18. The standard InChI is InChI=1S/C77H138O6/c1-4-7-10-13-16-19-21-23-25-27-29-31-33-34-35-36-37-38-39-40-41-42-44-45-47-49-51-53-55-58-61-64-67-70-76(79)82-73-74(72-81-75(78)69-66-63-60-57-18-15-12-9-6-3)83-77(80)71-68-65-62-59-56-54-52-50-48-46-43-32-30-28-26-24-22-20-17-14-11-8-5-2/h7,10,16,19,23,25,28-31,34-35,74H,4-6,8-9,11-15,17-18,20-22,24,26-27,32-33,36-73H2,1-3H3/b10-7-,19-16-,25-23-,30-28-,31-29-,35-34-. The molecule has 0 fully saturated rings. The zero-order chi connectivity index (χ0) is 59.9. The smallest absolute Gasteiger partial charge is 0.306 e. The molecule has 0 saturated heterocycles. The lowest BCUT2D eigenvalue weighted by atomic mass is 10.0. The van der Waals surface area contributed by atoms with E-state index in [1.165, 1.54) is 250 Å². The number of allylic oxidation sites excluding steroid dienone is 12. The van der Waals surface area contributed by atoms with Crippen LogP contribution in [0.2, 0.25) is 0 Å². The van der Waals surface area contributed by atoms with Crippen molar-refractivity contribution in [2.75, 3.05) is 13.2 Å². The molecule has 0 N–H and O–H groups in total. The lowest BCUT2D eigenvalue weighted by Crippen LogP contribution is -2.30. The van der Waals surface area contributed by atoms with Crippen LogP contribution in [0.25, 0.3) is 0 Å². The molecule has 0 aliphatic rings. The van der Waals surface area contributed by atoms with Gasteiger partial charge in [0, 0.05) is 19.3 Å². The summed E-state index contributed by atoms with van der Waals surface area (Å²) in [5.41, 5.74) is 0. The number of hydrogen-bond donors (Lipinski definition) is 0. The van der Waals surface area contributed by atoms with E-state index in [9.17, 15) is 14.4 Å². The normalized spacial score (nSPS) is 12.5. The second kappa shape index (κ2) is 71.3. The average molecular weight is 1160 g/mol. The summed E-state index contributed by atoms with van der Waals surface area (Å²) in [7, 11) is 0. The maximum Gasteiger partial charge on any atom is 0.306 e. The maximum absolute atomic E-state index is 12.9. The van der Waals surface area contributed by atoms with Gasteiger partial charge in [0.25, 0.3) is 0 Å². The number of unbranched alkanes of at least 4 members (excludes halogenated alkanes) is 44. The Labute approximate surface area is 516 Å². The van der Waals surface area contributed by atoms with E-state index in [1.54, 1.807) is 0 Å². The van der Waals surface area contributed by atoms with Crippen LogP contribution in [0.3, 0.4) is 0 Å². The molecule has 0 rings (SSSR count). The molecule has 0 radical (unpaired) electrons. The number of carbonyl (C=O) groups is 3. The molecule has 0 aromatic rings. The molecular weight excluding hydrogens is 1020 g/mol. The second-order valence-electron chi connectivity index (χ2n) is 24.5. The molecule has 0 aromatic heterocycles. The first-order chi connectivity index (χ1) is 41.0. The summed E-state index contributed by atoms with van der Waals surface area (Å²) in [6.07, 6.45) is 93.9. The van der Waals surface area contributed by atoms with Crippen molar-refractivity contribution in [3.05, 3.63) is 72.9 Å². The van der Waals surface area contributed by atoms with Gasteiger partial charge in [0.05, 0.1) is 0 Å². The summed E-state index contributed by atoms with van der Waals surface area (Å²) in [4.78, 5) is 38.3. The Morgan fingerprint density at radius 2 is 0.470 bits per heavy atom. The van der Waals surface area contributed by atoms with Gasteiger partial charge >= 0.3 is 17.9 Å². The van der Waals surface area contributed by atoms with Gasteiger partial charge < -0.3 is 14.2 Å². The van der Waals surface area contributed by atoms with Crippen molar-refractivity contribution >= 4 is 17.9 Å². The largest absolute Gasteiger partial charge is 0.462 e. The van der Waals surface area contributed by atoms with Gasteiger partial charge in [-0.15, -0.1) is 0 Å². The zero-order valence-electron chi connectivity index (χ0n) is 55.5. The van der Waals surface area contributed by atoms with Crippen LogP contribution in [-0.4, -0.2) is 37.2 Å². The Morgan fingerprint density at radius 3 is 0.747 bits per heavy atom. The van der Waals surface area contributed by atoms with E-state index in [4.69, 9.17) is 14.2 Å². The highest BCUT2D eigenvalue weighted by molar-refractivity contribution is 5.71. The fraction of sp³-hybridized carbons (Fsp3) is 0.805. The Balaban J connectivity index is 4.08.